The smallest absolute Gasteiger partial charge is 0.481 e. The number of nitrogens with zero attached hydrogens (tertiary/aromatic N) is 2. The zero-order valence-electron chi connectivity index (χ0n) is 18.2. The highest BCUT2D eigenvalue weighted by atomic mass is 19.3. The lowest BCUT2D eigenvalue weighted by atomic mass is 9.94. The summed E-state index contributed by atoms with van der Waals surface area (Å²) in [6, 6.07) is 9.91. The molecule has 9 heteroatoms. The molecule has 0 unspecified atom stereocenters. The first-order valence-electron chi connectivity index (χ1n) is 10.4. The van der Waals surface area contributed by atoms with Crippen molar-refractivity contribution in [3.05, 3.63) is 59.3 Å². The first-order valence-corrected chi connectivity index (χ1v) is 10.4. The van der Waals surface area contributed by atoms with E-state index in [0.717, 1.165) is 16.7 Å². The number of aryl methyl sites for hydroxylation is 2. The summed E-state index contributed by atoms with van der Waals surface area (Å²) in [5.41, 5.74) is 3.19. The summed E-state index contributed by atoms with van der Waals surface area (Å²) in [4.78, 5) is 22.1. The molecule has 2 aromatic heterocycles. The van der Waals surface area contributed by atoms with E-state index in [2.05, 4.69) is 24.8 Å². The van der Waals surface area contributed by atoms with Gasteiger partial charge in [0.1, 0.15) is 5.82 Å². The highest BCUT2D eigenvalue weighted by Gasteiger charge is 2.53. The highest BCUT2D eigenvalue weighted by Crippen LogP contribution is 2.52. The Balaban J connectivity index is 1.40. The first kappa shape index (κ1) is 21.1. The third-order valence-electron chi connectivity index (χ3n) is 6.03. The van der Waals surface area contributed by atoms with Crippen LogP contribution >= 0.6 is 0 Å². The van der Waals surface area contributed by atoms with Gasteiger partial charge in [0.25, 0.3) is 0 Å². The van der Waals surface area contributed by atoms with Crippen molar-refractivity contribution in [3.63, 3.8) is 0 Å². The van der Waals surface area contributed by atoms with Crippen molar-refractivity contribution < 1.29 is 27.8 Å². The number of carbonyl (C=O) groups is 1. The van der Waals surface area contributed by atoms with Gasteiger partial charge in [0, 0.05) is 17.8 Å². The van der Waals surface area contributed by atoms with Gasteiger partial charge in [0.05, 0.1) is 18.2 Å². The normalized spacial score (nSPS) is 16.9. The number of carbonyl (C=O) groups excluding carboxylic acids is 1. The molecule has 2 aliphatic rings. The van der Waals surface area contributed by atoms with E-state index in [1.54, 1.807) is 25.4 Å². The van der Waals surface area contributed by atoms with Crippen molar-refractivity contribution in [2.45, 2.75) is 38.4 Å². The van der Waals surface area contributed by atoms with Crippen LogP contribution in [0.15, 0.2) is 42.6 Å². The maximum Gasteiger partial charge on any atom is 0.586 e. The zero-order valence-corrected chi connectivity index (χ0v) is 18.2. The molecule has 7 nitrogen and oxygen atoms in total. The fourth-order valence-corrected chi connectivity index (χ4v) is 4.02. The largest absolute Gasteiger partial charge is 0.586 e. The van der Waals surface area contributed by atoms with Gasteiger partial charge in [-0.25, -0.2) is 9.97 Å². The van der Waals surface area contributed by atoms with Crippen molar-refractivity contribution in [2.24, 2.45) is 0 Å². The lowest BCUT2D eigenvalue weighted by Gasteiger charge is -2.17. The zero-order chi connectivity index (χ0) is 23.4. The molecule has 0 bridgehead atoms. The Bertz CT molecular complexity index is 1270. The summed E-state index contributed by atoms with van der Waals surface area (Å²) in [6.07, 6.45) is -0.819. The minimum Gasteiger partial charge on any atom is -0.481 e. The molecular formula is C24H21F2N3O4. The molecule has 0 radical (unpaired) electrons. The number of benzene rings is 1. The van der Waals surface area contributed by atoms with Crippen LogP contribution < -0.4 is 19.5 Å². The number of pyridine rings is 2. The van der Waals surface area contributed by atoms with E-state index in [0.29, 0.717) is 35.8 Å². The molecule has 1 N–H and O–H groups in total. The number of anilines is 1. The first-order chi connectivity index (χ1) is 15.7. The summed E-state index contributed by atoms with van der Waals surface area (Å²) in [5.74, 6) is 0.535. The molecule has 1 aromatic carbocycles. The number of amides is 1. The van der Waals surface area contributed by atoms with E-state index < -0.39 is 11.7 Å². The van der Waals surface area contributed by atoms with Crippen LogP contribution in [0.25, 0.3) is 11.3 Å². The average molecular weight is 453 g/mol. The van der Waals surface area contributed by atoms with Gasteiger partial charge in [0.15, 0.2) is 11.5 Å². The van der Waals surface area contributed by atoms with E-state index in [1.807, 2.05) is 26.0 Å². The third-order valence-corrected chi connectivity index (χ3v) is 6.03. The van der Waals surface area contributed by atoms with Crippen LogP contribution in [0.4, 0.5) is 14.6 Å². The molecule has 5 rings (SSSR count). The van der Waals surface area contributed by atoms with Crippen molar-refractivity contribution in [1.29, 1.82) is 0 Å². The molecule has 0 atom stereocenters. The lowest BCUT2D eigenvalue weighted by molar-refractivity contribution is -0.286. The molecule has 0 spiro atoms. The van der Waals surface area contributed by atoms with E-state index in [-0.39, 0.29) is 17.4 Å². The number of methoxy groups -OCH3 is 1. The van der Waals surface area contributed by atoms with Gasteiger partial charge in [-0.3, -0.25) is 4.79 Å². The Morgan fingerprint density at radius 1 is 1.06 bits per heavy atom. The van der Waals surface area contributed by atoms with Gasteiger partial charge >= 0.3 is 6.29 Å². The lowest BCUT2D eigenvalue weighted by Crippen LogP contribution is -2.28. The van der Waals surface area contributed by atoms with Crippen LogP contribution in [0.5, 0.6) is 17.4 Å². The second-order valence-corrected chi connectivity index (χ2v) is 8.27. The van der Waals surface area contributed by atoms with Gasteiger partial charge < -0.3 is 19.5 Å². The fraction of sp³-hybridized carbons (Fsp3) is 0.292. The topological polar surface area (TPSA) is 82.6 Å². The molecule has 3 aromatic rings. The van der Waals surface area contributed by atoms with Gasteiger partial charge in [-0.15, -0.1) is 8.78 Å². The molecule has 1 saturated carbocycles. The SMILES string of the molecule is COc1cc(C)c(-c2nc(NC(=O)C3(c4ccc5c(c4)OC(F)(F)O5)CC3)ccc2C)cn1. The molecule has 1 aliphatic carbocycles. The average Bonchev–Trinajstić information content (AvgIpc) is 3.52. The summed E-state index contributed by atoms with van der Waals surface area (Å²) in [6.45, 7) is 3.87. The molecule has 1 fully saturated rings. The summed E-state index contributed by atoms with van der Waals surface area (Å²) >= 11 is 0. The van der Waals surface area contributed by atoms with Crippen LogP contribution in [0, 0.1) is 13.8 Å². The number of rotatable bonds is 5. The number of hydrogen-bond acceptors (Lipinski definition) is 6. The van der Waals surface area contributed by atoms with Crippen LogP contribution in [0.3, 0.4) is 0 Å². The number of nitrogens with one attached hydrogen (secondary N) is 1. The number of ether oxygens (including phenoxy) is 3. The maximum atomic E-state index is 13.4. The number of fused-ring (bicyclic) bond motifs is 1. The van der Waals surface area contributed by atoms with E-state index in [4.69, 9.17) is 4.74 Å². The Hall–Kier alpha value is -3.75. The monoisotopic (exact) mass is 453 g/mol. The molecular weight excluding hydrogens is 432 g/mol. The quantitative estimate of drug-likeness (QED) is 0.600. The minimum absolute atomic E-state index is 0.0479. The van der Waals surface area contributed by atoms with Crippen LogP contribution in [0.2, 0.25) is 0 Å². The second kappa shape index (κ2) is 7.40. The Morgan fingerprint density at radius 2 is 1.82 bits per heavy atom. The van der Waals surface area contributed by atoms with Crippen LogP contribution in [-0.2, 0) is 10.2 Å². The minimum atomic E-state index is -3.70. The van der Waals surface area contributed by atoms with Crippen molar-refractivity contribution in [1.82, 2.24) is 9.97 Å². The third kappa shape index (κ3) is 3.73. The van der Waals surface area contributed by atoms with E-state index in [1.165, 1.54) is 12.1 Å². The van der Waals surface area contributed by atoms with Crippen LogP contribution in [-0.4, -0.2) is 29.3 Å². The van der Waals surface area contributed by atoms with Crippen molar-refractivity contribution >= 4 is 11.7 Å². The molecule has 33 heavy (non-hydrogen) atoms. The predicted molar refractivity (Wildman–Crippen MR) is 116 cm³/mol. The number of alkyl halides is 2. The summed E-state index contributed by atoms with van der Waals surface area (Å²) < 4.78 is 40.9. The standard InChI is InChI=1S/C24H21F2N3O4/c1-13-4-7-19(28-21(13)16-12-27-20(31-3)10-14(16)2)29-22(30)23(8-9-23)15-5-6-17-18(11-15)33-24(25,26)32-17/h4-7,10-12H,8-9H2,1-3H3,(H,28,29,30). The molecule has 170 valence electrons. The highest BCUT2D eigenvalue weighted by molar-refractivity contribution is 6.01. The predicted octanol–water partition coefficient (Wildman–Crippen LogP) is 4.76. The van der Waals surface area contributed by atoms with Crippen molar-refractivity contribution in [2.75, 3.05) is 12.4 Å². The second-order valence-electron chi connectivity index (χ2n) is 8.27. The van der Waals surface area contributed by atoms with Gasteiger partial charge in [-0.2, -0.15) is 0 Å². The number of halogens is 2. The molecule has 0 saturated heterocycles. The fourth-order valence-electron chi connectivity index (χ4n) is 4.02. The number of hydrogen-bond donors (Lipinski definition) is 1. The molecule has 1 amide bonds. The number of aromatic nitrogens is 2. The van der Waals surface area contributed by atoms with E-state index >= 15 is 0 Å². The van der Waals surface area contributed by atoms with Crippen molar-refractivity contribution in [3.8, 4) is 28.6 Å². The van der Waals surface area contributed by atoms with E-state index in [9.17, 15) is 13.6 Å². The van der Waals surface area contributed by atoms with Gasteiger partial charge in [-0.1, -0.05) is 12.1 Å². The Morgan fingerprint density at radius 3 is 2.52 bits per heavy atom. The van der Waals surface area contributed by atoms with Gasteiger partial charge in [-0.05, 0) is 61.6 Å². The maximum absolute atomic E-state index is 13.4. The molecule has 3 heterocycles. The Kier molecular flexibility index (Phi) is 4.73. The van der Waals surface area contributed by atoms with Gasteiger partial charge in [0.2, 0.25) is 11.8 Å². The van der Waals surface area contributed by atoms with Crippen LogP contribution in [0.1, 0.15) is 29.5 Å². The Labute approximate surface area is 188 Å². The summed E-state index contributed by atoms with van der Waals surface area (Å²) in [7, 11) is 1.56. The molecule has 1 aliphatic heterocycles. The summed E-state index contributed by atoms with van der Waals surface area (Å²) in [5, 5.41) is 2.89.